The lowest BCUT2D eigenvalue weighted by Gasteiger charge is -2.46. The first kappa shape index (κ1) is 22.5. The number of hydrogen-bond donors (Lipinski definition) is 3. The molecule has 0 atom stereocenters. The summed E-state index contributed by atoms with van der Waals surface area (Å²) < 4.78 is 10.8. The van der Waals surface area contributed by atoms with Crippen molar-refractivity contribution < 1.29 is 29.0 Å². The van der Waals surface area contributed by atoms with Crippen LogP contribution in [0.5, 0.6) is 0 Å². The Kier molecular flexibility index (Phi) is 5.69. The Bertz CT molecular complexity index is 1250. The summed E-state index contributed by atoms with van der Waals surface area (Å²) in [4.78, 5) is 41.1. The summed E-state index contributed by atoms with van der Waals surface area (Å²) in [5, 5.41) is 17.5. The van der Waals surface area contributed by atoms with Crippen molar-refractivity contribution in [1.82, 2.24) is 20.1 Å². The van der Waals surface area contributed by atoms with Crippen LogP contribution in [0, 0.1) is 0 Å². The molecule has 0 spiro atoms. The fourth-order valence-corrected chi connectivity index (χ4v) is 4.52. The fraction of sp³-hybridized carbons (Fsp3) is 0.292. The van der Waals surface area contributed by atoms with E-state index in [1.807, 2.05) is 36.4 Å². The van der Waals surface area contributed by atoms with Crippen molar-refractivity contribution in [3.8, 4) is 11.1 Å². The number of carbonyl (C=O) groups excluding carboxylic acids is 2. The lowest BCUT2D eigenvalue weighted by Crippen LogP contribution is -2.63. The Balaban J connectivity index is 1.16. The van der Waals surface area contributed by atoms with Crippen molar-refractivity contribution in [2.45, 2.75) is 18.4 Å². The molecule has 35 heavy (non-hydrogen) atoms. The molecule has 2 heterocycles. The number of hydrogen-bond acceptors (Lipinski definition) is 7. The topological polar surface area (TPSA) is 147 Å². The Morgan fingerprint density at radius 1 is 1.11 bits per heavy atom. The van der Waals surface area contributed by atoms with Gasteiger partial charge in [0.15, 0.2) is 0 Å². The van der Waals surface area contributed by atoms with Crippen molar-refractivity contribution in [3.05, 3.63) is 65.5 Å². The highest BCUT2D eigenvalue weighted by atomic mass is 16.5. The van der Waals surface area contributed by atoms with Crippen molar-refractivity contribution in [2.24, 2.45) is 0 Å². The number of aromatic amines is 1. The smallest absolute Gasteiger partial charge is 0.414 e. The monoisotopic (exact) mass is 477 g/mol. The second-order valence-electron chi connectivity index (χ2n) is 8.75. The molecule has 0 unspecified atom stereocenters. The van der Waals surface area contributed by atoms with Crippen LogP contribution >= 0.6 is 0 Å². The number of carboxylic acids is 1. The predicted octanol–water partition coefficient (Wildman–Crippen LogP) is 2.48. The van der Waals surface area contributed by atoms with Crippen LogP contribution in [0.1, 0.15) is 34.6 Å². The lowest BCUT2D eigenvalue weighted by atomic mass is 9.96. The molecular weight excluding hydrogens is 454 g/mol. The number of fused-ring (bicyclic) bond motifs is 3. The van der Waals surface area contributed by atoms with E-state index >= 15 is 0 Å². The number of nitrogens with one attached hydrogen (secondary N) is 2. The van der Waals surface area contributed by atoms with E-state index in [1.54, 1.807) is 6.92 Å². The number of anilines is 1. The molecule has 1 saturated heterocycles. The van der Waals surface area contributed by atoms with E-state index in [2.05, 4.69) is 32.6 Å². The van der Waals surface area contributed by atoms with E-state index in [1.165, 1.54) is 4.90 Å². The normalized spacial score (nSPS) is 15.6. The lowest BCUT2D eigenvalue weighted by molar-refractivity contribution is -0.160. The van der Waals surface area contributed by atoms with Crippen molar-refractivity contribution >= 4 is 23.9 Å². The molecule has 5 rings (SSSR count). The third-order valence-corrected chi connectivity index (χ3v) is 6.13. The van der Waals surface area contributed by atoms with Gasteiger partial charge in [0, 0.05) is 5.92 Å². The molecule has 11 nitrogen and oxygen atoms in total. The summed E-state index contributed by atoms with van der Waals surface area (Å²) in [5.41, 5.74) is 3.73. The minimum absolute atomic E-state index is 0.0563. The first-order chi connectivity index (χ1) is 16.8. The quantitative estimate of drug-likeness (QED) is 0.470. The third kappa shape index (κ3) is 4.45. The van der Waals surface area contributed by atoms with Crippen LogP contribution in [0.4, 0.5) is 10.7 Å². The highest BCUT2D eigenvalue weighted by molar-refractivity contribution is 5.92. The van der Waals surface area contributed by atoms with Gasteiger partial charge in [0.1, 0.15) is 18.8 Å². The Morgan fingerprint density at radius 2 is 1.74 bits per heavy atom. The standard InChI is InChI=1S/C24H23N5O6/c1-24(35-11-19(30)31)12-29(13-24)21(32)20-25-22(28-27-20)26-23(33)34-10-18-16-8-4-2-6-14(16)15-7-3-5-9-17(15)18/h2-9,18H,10-13H2,1H3,(H,30,31)(H2,25,26,27,28,33). The number of rotatable bonds is 7. The molecule has 2 amide bonds. The number of aliphatic carboxylic acids is 1. The van der Waals surface area contributed by atoms with E-state index in [-0.39, 0.29) is 37.4 Å². The molecule has 2 aliphatic rings. The Labute approximate surface area is 200 Å². The second-order valence-corrected chi connectivity index (χ2v) is 8.75. The largest absolute Gasteiger partial charge is 0.480 e. The van der Waals surface area contributed by atoms with Gasteiger partial charge in [0.05, 0.1) is 13.1 Å². The highest BCUT2D eigenvalue weighted by Gasteiger charge is 2.43. The van der Waals surface area contributed by atoms with Crippen molar-refractivity contribution in [2.75, 3.05) is 31.6 Å². The van der Waals surface area contributed by atoms with Gasteiger partial charge < -0.3 is 19.5 Å². The molecule has 1 fully saturated rings. The summed E-state index contributed by atoms with van der Waals surface area (Å²) in [6.45, 7) is 1.86. The first-order valence-corrected chi connectivity index (χ1v) is 11.0. The number of amides is 2. The third-order valence-electron chi connectivity index (χ3n) is 6.13. The van der Waals surface area contributed by atoms with Gasteiger partial charge in [-0.05, 0) is 29.2 Å². The van der Waals surface area contributed by atoms with Crippen LogP contribution in [-0.4, -0.2) is 75.1 Å². The van der Waals surface area contributed by atoms with Crippen molar-refractivity contribution in [1.29, 1.82) is 0 Å². The molecule has 1 aromatic heterocycles. The SMILES string of the molecule is CC1(OCC(=O)O)CN(C(=O)c2nc(NC(=O)OCC3c4ccccc4-c4ccccc43)n[nH]2)C1. The van der Waals surface area contributed by atoms with Gasteiger partial charge in [-0.1, -0.05) is 48.5 Å². The average molecular weight is 477 g/mol. The van der Waals surface area contributed by atoms with Gasteiger partial charge in [-0.3, -0.25) is 15.2 Å². The first-order valence-electron chi connectivity index (χ1n) is 11.0. The van der Waals surface area contributed by atoms with Gasteiger partial charge in [-0.25, -0.2) is 9.59 Å². The molecule has 3 aromatic rings. The van der Waals surface area contributed by atoms with E-state index in [0.29, 0.717) is 0 Å². The number of H-pyrrole nitrogens is 1. The fourth-order valence-electron chi connectivity index (χ4n) is 4.52. The van der Waals surface area contributed by atoms with Gasteiger partial charge in [-0.15, -0.1) is 5.10 Å². The number of benzene rings is 2. The van der Waals surface area contributed by atoms with E-state index in [9.17, 15) is 14.4 Å². The summed E-state index contributed by atoms with van der Waals surface area (Å²) in [6.07, 6.45) is -0.733. The molecular formula is C24H23N5O6. The Hall–Kier alpha value is -4.25. The molecule has 180 valence electrons. The summed E-state index contributed by atoms with van der Waals surface area (Å²) >= 11 is 0. The van der Waals surface area contributed by atoms with Gasteiger partial charge in [-0.2, -0.15) is 4.98 Å². The number of carboxylic acid groups (broad SMARTS) is 1. The second kappa shape index (κ2) is 8.84. The van der Waals surface area contributed by atoms with Gasteiger partial charge in [0.25, 0.3) is 11.9 Å². The maximum atomic E-state index is 12.6. The maximum absolute atomic E-state index is 12.6. The molecule has 11 heteroatoms. The minimum atomic E-state index is -1.07. The zero-order valence-electron chi connectivity index (χ0n) is 18.9. The molecule has 0 saturated carbocycles. The highest BCUT2D eigenvalue weighted by Crippen LogP contribution is 2.44. The molecule has 2 aromatic carbocycles. The zero-order valence-corrected chi connectivity index (χ0v) is 18.9. The molecule has 0 radical (unpaired) electrons. The van der Waals surface area contributed by atoms with Crippen molar-refractivity contribution in [3.63, 3.8) is 0 Å². The summed E-state index contributed by atoms with van der Waals surface area (Å²) in [7, 11) is 0. The number of ether oxygens (including phenoxy) is 2. The van der Waals surface area contributed by atoms with Crippen LogP contribution in [0.25, 0.3) is 11.1 Å². The number of aromatic nitrogens is 3. The maximum Gasteiger partial charge on any atom is 0.414 e. The summed E-state index contributed by atoms with van der Waals surface area (Å²) in [6, 6.07) is 16.1. The van der Waals surface area contributed by atoms with Crippen LogP contribution in [-0.2, 0) is 14.3 Å². The van der Waals surface area contributed by atoms with Crippen LogP contribution in [0.15, 0.2) is 48.5 Å². The summed E-state index contributed by atoms with van der Waals surface area (Å²) in [5.74, 6) is -1.73. The zero-order chi connectivity index (χ0) is 24.6. The molecule has 1 aliphatic heterocycles. The van der Waals surface area contributed by atoms with Gasteiger partial charge in [0.2, 0.25) is 5.82 Å². The van der Waals surface area contributed by atoms with E-state index < -0.39 is 30.2 Å². The molecule has 3 N–H and O–H groups in total. The number of carbonyl (C=O) groups is 3. The number of nitrogens with zero attached hydrogens (tertiary/aromatic N) is 3. The predicted molar refractivity (Wildman–Crippen MR) is 123 cm³/mol. The Morgan fingerprint density at radius 3 is 2.37 bits per heavy atom. The molecule has 1 aliphatic carbocycles. The number of likely N-dealkylation sites (tertiary alicyclic amines) is 1. The molecule has 0 bridgehead atoms. The van der Waals surface area contributed by atoms with E-state index in [0.717, 1.165) is 22.3 Å². The average Bonchev–Trinajstić information content (AvgIpc) is 3.42. The van der Waals surface area contributed by atoms with Crippen LogP contribution in [0.3, 0.4) is 0 Å². The minimum Gasteiger partial charge on any atom is -0.480 e. The van der Waals surface area contributed by atoms with Crippen LogP contribution < -0.4 is 5.32 Å². The van der Waals surface area contributed by atoms with E-state index in [4.69, 9.17) is 14.6 Å². The van der Waals surface area contributed by atoms with Crippen LogP contribution in [0.2, 0.25) is 0 Å². The van der Waals surface area contributed by atoms with Gasteiger partial charge >= 0.3 is 12.1 Å².